The molecular weight excluding hydrogens is 318 g/mol. The van der Waals surface area contributed by atoms with Crippen molar-refractivity contribution in [2.24, 2.45) is 11.3 Å². The molecule has 2 saturated heterocycles. The van der Waals surface area contributed by atoms with Crippen LogP contribution in [-0.2, 0) is 0 Å². The molecule has 0 bridgehead atoms. The summed E-state index contributed by atoms with van der Waals surface area (Å²) in [5, 5.41) is 0. The molecule has 4 rings (SSSR count). The Hall–Kier alpha value is -2.34. The number of carbonyl (C=O) groups is 1. The molecule has 132 valence electrons. The average molecular weight is 341 g/mol. The standard InChI is InChI=1S/C19H23N3O3/c1-19-10-21(2)8-14(19)9-22(11-19)18(23)16-17(25-12-20-16)13-4-6-15(24-3)7-5-13/h4-7,12,14H,8-11H2,1-3H3/t14-,19+/m0/s1. The number of carbonyl (C=O) groups excluding carboxylic acids is 1. The Balaban J connectivity index is 1.57. The zero-order valence-electron chi connectivity index (χ0n) is 14.9. The lowest BCUT2D eigenvalue weighted by Crippen LogP contribution is -2.35. The minimum Gasteiger partial charge on any atom is -0.497 e. The maximum absolute atomic E-state index is 13.0. The number of hydrogen-bond donors (Lipinski definition) is 0. The van der Waals surface area contributed by atoms with Crippen LogP contribution in [0.4, 0.5) is 0 Å². The van der Waals surface area contributed by atoms with Gasteiger partial charge in [0.2, 0.25) is 0 Å². The van der Waals surface area contributed by atoms with E-state index in [4.69, 9.17) is 9.15 Å². The summed E-state index contributed by atoms with van der Waals surface area (Å²) in [7, 11) is 3.77. The summed E-state index contributed by atoms with van der Waals surface area (Å²) in [5.41, 5.74) is 1.39. The molecule has 2 fully saturated rings. The molecule has 1 amide bonds. The summed E-state index contributed by atoms with van der Waals surface area (Å²) in [6, 6.07) is 7.46. The van der Waals surface area contributed by atoms with Gasteiger partial charge in [0, 0.05) is 37.2 Å². The molecule has 2 aromatic rings. The molecule has 0 aliphatic carbocycles. The van der Waals surface area contributed by atoms with Crippen molar-refractivity contribution in [2.75, 3.05) is 40.3 Å². The Morgan fingerprint density at radius 3 is 2.72 bits per heavy atom. The number of aromatic nitrogens is 1. The molecule has 0 N–H and O–H groups in total. The van der Waals surface area contributed by atoms with Crippen molar-refractivity contribution in [1.82, 2.24) is 14.8 Å². The monoisotopic (exact) mass is 341 g/mol. The summed E-state index contributed by atoms with van der Waals surface area (Å²) in [6.07, 6.45) is 1.35. The van der Waals surface area contributed by atoms with E-state index in [0.29, 0.717) is 17.4 Å². The van der Waals surface area contributed by atoms with Crippen molar-refractivity contribution in [3.05, 3.63) is 36.4 Å². The van der Waals surface area contributed by atoms with Crippen molar-refractivity contribution in [2.45, 2.75) is 6.92 Å². The van der Waals surface area contributed by atoms with E-state index in [9.17, 15) is 4.79 Å². The predicted octanol–water partition coefficient (Wildman–Crippen LogP) is 2.37. The zero-order chi connectivity index (χ0) is 17.6. The van der Waals surface area contributed by atoms with Crippen molar-refractivity contribution in [3.8, 4) is 17.1 Å². The predicted molar refractivity (Wildman–Crippen MR) is 93.5 cm³/mol. The average Bonchev–Trinajstić information content (AvgIpc) is 3.26. The number of rotatable bonds is 3. The third-order valence-electron chi connectivity index (χ3n) is 5.55. The summed E-state index contributed by atoms with van der Waals surface area (Å²) >= 11 is 0. The number of fused-ring (bicyclic) bond motifs is 1. The lowest BCUT2D eigenvalue weighted by atomic mass is 9.83. The number of likely N-dealkylation sites (tertiary alicyclic amines) is 2. The van der Waals surface area contributed by atoms with Crippen LogP contribution in [0.5, 0.6) is 5.75 Å². The van der Waals surface area contributed by atoms with Crippen LogP contribution in [-0.4, -0.2) is 61.0 Å². The number of nitrogens with zero attached hydrogens (tertiary/aromatic N) is 3. The molecule has 0 unspecified atom stereocenters. The van der Waals surface area contributed by atoms with Gasteiger partial charge in [0.1, 0.15) is 5.75 Å². The highest BCUT2D eigenvalue weighted by molar-refractivity contribution is 5.97. The number of ether oxygens (including phenoxy) is 1. The largest absolute Gasteiger partial charge is 0.497 e. The molecule has 6 nitrogen and oxygen atoms in total. The second-order valence-corrected chi connectivity index (χ2v) is 7.49. The third kappa shape index (κ3) is 2.70. The van der Waals surface area contributed by atoms with Gasteiger partial charge in [-0.2, -0.15) is 0 Å². The van der Waals surface area contributed by atoms with Crippen LogP contribution in [0.1, 0.15) is 17.4 Å². The van der Waals surface area contributed by atoms with E-state index in [2.05, 4.69) is 23.9 Å². The highest BCUT2D eigenvalue weighted by Crippen LogP contribution is 2.42. The topological polar surface area (TPSA) is 58.8 Å². The van der Waals surface area contributed by atoms with Gasteiger partial charge in [-0.15, -0.1) is 0 Å². The lowest BCUT2D eigenvalue weighted by Gasteiger charge is -2.23. The van der Waals surface area contributed by atoms with Crippen LogP contribution in [0.15, 0.2) is 35.1 Å². The number of methoxy groups -OCH3 is 1. The van der Waals surface area contributed by atoms with E-state index >= 15 is 0 Å². The lowest BCUT2D eigenvalue weighted by molar-refractivity contribution is 0.0760. The smallest absolute Gasteiger partial charge is 0.276 e. The number of oxazole rings is 1. The molecule has 25 heavy (non-hydrogen) atoms. The molecule has 1 aromatic heterocycles. The maximum atomic E-state index is 13.0. The van der Waals surface area contributed by atoms with Crippen LogP contribution < -0.4 is 4.74 Å². The van der Waals surface area contributed by atoms with E-state index in [0.717, 1.165) is 37.5 Å². The van der Waals surface area contributed by atoms with Gasteiger partial charge in [0.05, 0.1) is 7.11 Å². The Bertz CT molecular complexity index is 785. The van der Waals surface area contributed by atoms with Crippen molar-refractivity contribution in [3.63, 3.8) is 0 Å². The first kappa shape index (κ1) is 16.1. The fraction of sp³-hybridized carbons (Fsp3) is 0.474. The summed E-state index contributed by atoms with van der Waals surface area (Å²) in [4.78, 5) is 21.5. The van der Waals surface area contributed by atoms with Crippen LogP contribution >= 0.6 is 0 Å². The first-order valence-corrected chi connectivity index (χ1v) is 8.56. The quantitative estimate of drug-likeness (QED) is 0.858. The Morgan fingerprint density at radius 2 is 2.04 bits per heavy atom. The minimum absolute atomic E-state index is 0.0437. The second kappa shape index (κ2) is 5.88. The molecular formula is C19H23N3O3. The van der Waals surface area contributed by atoms with Gasteiger partial charge in [0.25, 0.3) is 5.91 Å². The van der Waals surface area contributed by atoms with Crippen LogP contribution in [0, 0.1) is 11.3 Å². The van der Waals surface area contributed by atoms with E-state index in [1.54, 1.807) is 7.11 Å². The van der Waals surface area contributed by atoms with E-state index in [1.165, 1.54) is 6.39 Å². The Kier molecular flexibility index (Phi) is 3.80. The molecule has 2 aliphatic rings. The number of hydrogen-bond acceptors (Lipinski definition) is 5. The SMILES string of the molecule is COc1ccc(-c2ocnc2C(=O)N2C[C@@H]3CN(C)C[C@]3(C)C2)cc1. The van der Waals surface area contributed by atoms with Crippen molar-refractivity contribution in [1.29, 1.82) is 0 Å². The van der Waals surface area contributed by atoms with Gasteiger partial charge in [-0.3, -0.25) is 4.79 Å². The highest BCUT2D eigenvalue weighted by Gasteiger charge is 2.49. The van der Waals surface area contributed by atoms with Crippen molar-refractivity contribution < 1.29 is 13.9 Å². The van der Waals surface area contributed by atoms with E-state index in [1.807, 2.05) is 29.2 Å². The van der Waals surface area contributed by atoms with E-state index in [-0.39, 0.29) is 11.3 Å². The molecule has 2 atom stereocenters. The fourth-order valence-corrected chi connectivity index (χ4v) is 4.28. The first-order chi connectivity index (χ1) is 12.0. The summed E-state index contributed by atoms with van der Waals surface area (Å²) in [5.74, 6) is 1.77. The fourth-order valence-electron chi connectivity index (χ4n) is 4.28. The van der Waals surface area contributed by atoms with Crippen LogP contribution in [0.25, 0.3) is 11.3 Å². The Labute approximate surface area is 147 Å². The molecule has 6 heteroatoms. The van der Waals surface area contributed by atoms with Gasteiger partial charge >= 0.3 is 0 Å². The van der Waals surface area contributed by atoms with Gasteiger partial charge in [-0.05, 0) is 37.2 Å². The summed E-state index contributed by atoms with van der Waals surface area (Å²) in [6.45, 7) is 5.92. The molecule has 0 saturated carbocycles. The number of amides is 1. The van der Waals surface area contributed by atoms with E-state index < -0.39 is 0 Å². The second-order valence-electron chi connectivity index (χ2n) is 7.49. The molecule has 3 heterocycles. The summed E-state index contributed by atoms with van der Waals surface area (Å²) < 4.78 is 10.7. The first-order valence-electron chi connectivity index (χ1n) is 8.56. The van der Waals surface area contributed by atoms with Crippen LogP contribution in [0.3, 0.4) is 0 Å². The zero-order valence-corrected chi connectivity index (χ0v) is 14.9. The Morgan fingerprint density at radius 1 is 1.28 bits per heavy atom. The van der Waals surface area contributed by atoms with Gasteiger partial charge in [-0.25, -0.2) is 4.98 Å². The maximum Gasteiger partial charge on any atom is 0.276 e. The minimum atomic E-state index is -0.0437. The third-order valence-corrected chi connectivity index (χ3v) is 5.55. The highest BCUT2D eigenvalue weighted by atomic mass is 16.5. The van der Waals surface area contributed by atoms with Gasteiger partial charge in [0.15, 0.2) is 17.8 Å². The van der Waals surface area contributed by atoms with Crippen molar-refractivity contribution >= 4 is 5.91 Å². The van der Waals surface area contributed by atoms with Gasteiger partial charge in [-0.1, -0.05) is 6.92 Å². The molecule has 2 aliphatic heterocycles. The molecule has 0 spiro atoms. The molecule has 0 radical (unpaired) electrons. The number of benzene rings is 1. The van der Waals surface area contributed by atoms with Gasteiger partial charge < -0.3 is 19.0 Å². The van der Waals surface area contributed by atoms with Crippen LogP contribution in [0.2, 0.25) is 0 Å². The molecule has 1 aromatic carbocycles. The normalized spacial score (nSPS) is 26.0.